The Balaban J connectivity index is 1.41. The zero-order chi connectivity index (χ0) is 21.1. The molecule has 4 rings (SSSR count). The fraction of sp³-hybridized carbons (Fsp3) is 0.350. The van der Waals surface area contributed by atoms with Crippen molar-refractivity contribution in [1.29, 1.82) is 0 Å². The van der Waals surface area contributed by atoms with Gasteiger partial charge in [0.1, 0.15) is 5.52 Å². The molecule has 0 unspecified atom stereocenters. The normalized spacial score (nSPS) is 15.0. The molecular formula is C20H23BrN6O2S. The van der Waals surface area contributed by atoms with Crippen LogP contribution >= 0.6 is 15.9 Å². The SMILES string of the molecule is Cc1cc2nc(Nc3ccc(S(=O)(=O)NCCN4CCCC4)cc3)nnc2cc1Br. The summed E-state index contributed by atoms with van der Waals surface area (Å²) >= 11 is 3.48. The van der Waals surface area contributed by atoms with Crippen molar-refractivity contribution in [3.05, 3.63) is 46.4 Å². The summed E-state index contributed by atoms with van der Waals surface area (Å²) in [6.45, 7) is 5.22. The molecular weight excluding hydrogens is 468 g/mol. The standard InChI is InChI=1S/C20H23BrN6O2S/c1-14-12-18-19(13-17(14)21)25-26-20(24-18)23-15-4-6-16(7-5-15)30(28,29)22-8-11-27-9-2-3-10-27/h4-7,12-13,22H,2-3,8-11H2,1H3,(H,23,24,26). The predicted octanol–water partition coefficient (Wildman–Crippen LogP) is 3.21. The van der Waals surface area contributed by atoms with Gasteiger partial charge in [-0.05, 0) is 74.8 Å². The first kappa shape index (κ1) is 21.1. The van der Waals surface area contributed by atoms with Gasteiger partial charge in [-0.1, -0.05) is 15.9 Å². The molecule has 2 N–H and O–H groups in total. The van der Waals surface area contributed by atoms with E-state index >= 15 is 0 Å². The summed E-state index contributed by atoms with van der Waals surface area (Å²) in [6, 6.07) is 10.3. The number of hydrogen-bond donors (Lipinski definition) is 2. The van der Waals surface area contributed by atoms with Crippen molar-refractivity contribution >= 4 is 48.6 Å². The van der Waals surface area contributed by atoms with Gasteiger partial charge >= 0.3 is 0 Å². The highest BCUT2D eigenvalue weighted by Gasteiger charge is 2.16. The van der Waals surface area contributed by atoms with E-state index in [-0.39, 0.29) is 4.90 Å². The second-order valence-electron chi connectivity index (χ2n) is 7.32. The third kappa shape index (κ3) is 4.94. The second-order valence-corrected chi connectivity index (χ2v) is 9.94. The Morgan fingerprint density at radius 1 is 1.07 bits per heavy atom. The van der Waals surface area contributed by atoms with Gasteiger partial charge in [-0.25, -0.2) is 18.1 Å². The molecule has 0 aliphatic carbocycles. The fourth-order valence-corrected chi connectivity index (χ4v) is 4.74. The van der Waals surface area contributed by atoms with E-state index in [1.54, 1.807) is 24.3 Å². The van der Waals surface area contributed by atoms with E-state index in [4.69, 9.17) is 0 Å². The van der Waals surface area contributed by atoms with Crippen LogP contribution in [0.3, 0.4) is 0 Å². The van der Waals surface area contributed by atoms with Gasteiger partial charge in [0.2, 0.25) is 16.0 Å². The minimum absolute atomic E-state index is 0.229. The van der Waals surface area contributed by atoms with Crippen LogP contribution in [-0.2, 0) is 10.0 Å². The zero-order valence-corrected chi connectivity index (χ0v) is 19.0. The number of fused-ring (bicyclic) bond motifs is 1. The maximum absolute atomic E-state index is 12.5. The van der Waals surface area contributed by atoms with E-state index in [0.717, 1.165) is 35.2 Å². The molecule has 0 spiro atoms. The molecule has 1 fully saturated rings. The van der Waals surface area contributed by atoms with Crippen LogP contribution in [0.2, 0.25) is 0 Å². The van der Waals surface area contributed by atoms with Crippen LogP contribution in [0.25, 0.3) is 11.0 Å². The summed E-state index contributed by atoms with van der Waals surface area (Å²) in [5.41, 5.74) is 3.16. The van der Waals surface area contributed by atoms with Gasteiger partial charge in [0, 0.05) is 23.2 Å². The van der Waals surface area contributed by atoms with Gasteiger partial charge in [-0.3, -0.25) is 0 Å². The third-order valence-electron chi connectivity index (χ3n) is 5.07. The quantitative estimate of drug-likeness (QED) is 0.524. The van der Waals surface area contributed by atoms with Crippen LogP contribution in [0.15, 0.2) is 45.8 Å². The number of aromatic nitrogens is 3. The van der Waals surface area contributed by atoms with Crippen molar-refractivity contribution in [1.82, 2.24) is 24.8 Å². The monoisotopic (exact) mass is 490 g/mol. The highest BCUT2D eigenvalue weighted by molar-refractivity contribution is 9.10. The summed E-state index contributed by atoms with van der Waals surface area (Å²) in [7, 11) is -3.53. The van der Waals surface area contributed by atoms with E-state index in [1.807, 2.05) is 19.1 Å². The minimum Gasteiger partial charge on any atom is -0.323 e. The summed E-state index contributed by atoms with van der Waals surface area (Å²) in [5, 5.41) is 11.4. The Hall–Kier alpha value is -2.14. The largest absolute Gasteiger partial charge is 0.323 e. The summed E-state index contributed by atoms with van der Waals surface area (Å²) < 4.78 is 28.6. The molecule has 8 nitrogen and oxygen atoms in total. The lowest BCUT2D eigenvalue weighted by Gasteiger charge is -2.15. The molecule has 0 atom stereocenters. The molecule has 0 bridgehead atoms. The second kappa shape index (κ2) is 8.93. The fourth-order valence-electron chi connectivity index (χ4n) is 3.39. The average molecular weight is 491 g/mol. The van der Waals surface area contributed by atoms with Crippen molar-refractivity contribution in [3.63, 3.8) is 0 Å². The third-order valence-corrected chi connectivity index (χ3v) is 7.41. The molecule has 0 saturated carbocycles. The number of nitrogens with one attached hydrogen (secondary N) is 2. The number of likely N-dealkylation sites (tertiary alicyclic amines) is 1. The highest BCUT2D eigenvalue weighted by Crippen LogP contribution is 2.23. The first-order valence-corrected chi connectivity index (χ1v) is 12.1. The predicted molar refractivity (Wildman–Crippen MR) is 120 cm³/mol. The lowest BCUT2D eigenvalue weighted by molar-refractivity contribution is 0.344. The summed E-state index contributed by atoms with van der Waals surface area (Å²) in [5.74, 6) is 0.351. The van der Waals surface area contributed by atoms with Crippen LogP contribution < -0.4 is 10.0 Å². The van der Waals surface area contributed by atoms with Crippen molar-refractivity contribution in [2.45, 2.75) is 24.7 Å². The smallest absolute Gasteiger partial charge is 0.247 e. The number of rotatable bonds is 7. The van der Waals surface area contributed by atoms with E-state index in [0.29, 0.717) is 23.7 Å². The molecule has 10 heteroatoms. The number of hydrogen-bond acceptors (Lipinski definition) is 7. The molecule has 1 aliphatic heterocycles. The van der Waals surface area contributed by atoms with Crippen LogP contribution in [0.4, 0.5) is 11.6 Å². The number of benzene rings is 2. The molecule has 0 amide bonds. The Morgan fingerprint density at radius 2 is 1.80 bits per heavy atom. The topological polar surface area (TPSA) is 100 Å². The van der Waals surface area contributed by atoms with Crippen molar-refractivity contribution < 1.29 is 8.42 Å². The molecule has 3 aromatic rings. The molecule has 30 heavy (non-hydrogen) atoms. The molecule has 158 valence electrons. The van der Waals surface area contributed by atoms with Gasteiger partial charge < -0.3 is 10.2 Å². The first-order valence-electron chi connectivity index (χ1n) is 9.80. The Morgan fingerprint density at radius 3 is 2.53 bits per heavy atom. The molecule has 1 aromatic heterocycles. The molecule has 2 heterocycles. The molecule has 0 radical (unpaired) electrons. The summed E-state index contributed by atoms with van der Waals surface area (Å²) in [6.07, 6.45) is 2.38. The van der Waals surface area contributed by atoms with Crippen molar-refractivity contribution in [2.75, 3.05) is 31.5 Å². The number of nitrogens with zero attached hydrogens (tertiary/aromatic N) is 4. The Bertz CT molecular complexity index is 1150. The van der Waals surface area contributed by atoms with Gasteiger partial charge in [-0.2, -0.15) is 0 Å². The van der Waals surface area contributed by atoms with Gasteiger partial charge in [0.25, 0.3) is 0 Å². The number of sulfonamides is 1. The number of anilines is 2. The van der Waals surface area contributed by atoms with E-state index in [2.05, 4.69) is 46.1 Å². The molecule has 2 aromatic carbocycles. The Labute approximate surface area is 184 Å². The molecule has 1 saturated heterocycles. The van der Waals surface area contributed by atoms with E-state index in [1.165, 1.54) is 12.8 Å². The van der Waals surface area contributed by atoms with E-state index in [9.17, 15) is 8.42 Å². The average Bonchev–Trinajstić information content (AvgIpc) is 3.23. The van der Waals surface area contributed by atoms with Crippen LogP contribution in [-0.4, -0.2) is 54.7 Å². The van der Waals surface area contributed by atoms with Gasteiger partial charge in [-0.15, -0.1) is 10.2 Å². The number of aryl methyl sites for hydroxylation is 1. The van der Waals surface area contributed by atoms with Crippen LogP contribution in [0.5, 0.6) is 0 Å². The zero-order valence-electron chi connectivity index (χ0n) is 16.6. The Kier molecular flexibility index (Phi) is 6.28. The number of halogens is 1. The van der Waals surface area contributed by atoms with Crippen molar-refractivity contribution in [2.24, 2.45) is 0 Å². The minimum atomic E-state index is -3.53. The first-order chi connectivity index (χ1) is 14.4. The van der Waals surface area contributed by atoms with Crippen molar-refractivity contribution in [3.8, 4) is 0 Å². The van der Waals surface area contributed by atoms with Crippen LogP contribution in [0.1, 0.15) is 18.4 Å². The lowest BCUT2D eigenvalue weighted by Crippen LogP contribution is -2.33. The van der Waals surface area contributed by atoms with Crippen LogP contribution in [0, 0.1) is 6.92 Å². The maximum Gasteiger partial charge on any atom is 0.247 e. The van der Waals surface area contributed by atoms with Gasteiger partial charge in [0.05, 0.1) is 10.4 Å². The molecule has 1 aliphatic rings. The summed E-state index contributed by atoms with van der Waals surface area (Å²) in [4.78, 5) is 6.98. The highest BCUT2D eigenvalue weighted by atomic mass is 79.9. The maximum atomic E-state index is 12.5. The van der Waals surface area contributed by atoms with Gasteiger partial charge in [0.15, 0.2) is 0 Å². The van der Waals surface area contributed by atoms with E-state index < -0.39 is 10.0 Å². The lowest BCUT2D eigenvalue weighted by atomic mass is 10.2.